The van der Waals surface area contributed by atoms with Crippen LogP contribution in [0.1, 0.15) is 26.3 Å². The first kappa shape index (κ1) is 35.1. The van der Waals surface area contributed by atoms with Gasteiger partial charge in [0.05, 0.1) is 13.2 Å². The van der Waals surface area contributed by atoms with Crippen LogP contribution in [0.3, 0.4) is 0 Å². The zero-order valence-electron chi connectivity index (χ0n) is 24.3. The summed E-state index contributed by atoms with van der Waals surface area (Å²) in [6, 6.07) is 8.79. The van der Waals surface area contributed by atoms with Gasteiger partial charge in [-0.2, -0.15) is 0 Å². The van der Waals surface area contributed by atoms with Crippen LogP contribution in [0, 0.1) is 16.2 Å². The summed E-state index contributed by atoms with van der Waals surface area (Å²) in [5.41, 5.74) is -3.65. The van der Waals surface area contributed by atoms with Crippen molar-refractivity contribution in [1.29, 1.82) is 0 Å². The van der Waals surface area contributed by atoms with Gasteiger partial charge in [-0.3, -0.25) is 14.4 Å². The lowest BCUT2D eigenvalue weighted by molar-refractivity contribution is -0.162. The Morgan fingerprint density at radius 1 is 0.683 bits per heavy atom. The van der Waals surface area contributed by atoms with Crippen LogP contribution in [0.5, 0.6) is 0 Å². The summed E-state index contributed by atoms with van der Waals surface area (Å²) in [6.07, 6.45) is -2.43. The normalized spacial score (nSPS) is 15.1. The molecule has 41 heavy (non-hydrogen) atoms. The van der Waals surface area contributed by atoms with Crippen molar-refractivity contribution in [2.45, 2.75) is 27.4 Å². The van der Waals surface area contributed by atoms with Gasteiger partial charge in [0.1, 0.15) is 49.3 Å². The fourth-order valence-electron chi connectivity index (χ4n) is 3.29. The quantitative estimate of drug-likeness (QED) is 0.186. The van der Waals surface area contributed by atoms with Gasteiger partial charge in [-0.1, -0.05) is 30.3 Å². The first-order chi connectivity index (χ1) is 19.3. The van der Waals surface area contributed by atoms with Crippen molar-refractivity contribution >= 4 is 30.1 Å². The Morgan fingerprint density at radius 2 is 1.12 bits per heavy atom. The number of amides is 2. The summed E-state index contributed by atoms with van der Waals surface area (Å²) >= 11 is 0. The first-order valence-electron chi connectivity index (χ1n) is 12.6. The van der Waals surface area contributed by atoms with Crippen molar-refractivity contribution < 1.29 is 57.5 Å². The van der Waals surface area contributed by atoms with E-state index in [1.165, 1.54) is 42.0 Å². The summed E-state index contributed by atoms with van der Waals surface area (Å²) in [5, 5.41) is 14.4. The Hall–Kier alpha value is -3.91. The molecule has 1 aromatic rings. The largest absolute Gasteiger partial charge is 0.508 e. The molecule has 230 valence electrons. The number of aliphatic hydroxyl groups is 1. The molecular formula is C27H40N2O12. The van der Waals surface area contributed by atoms with E-state index in [0.29, 0.717) is 5.56 Å². The maximum absolute atomic E-state index is 13.0. The zero-order valence-corrected chi connectivity index (χ0v) is 24.3. The molecule has 3 N–H and O–H groups in total. The van der Waals surface area contributed by atoms with Crippen molar-refractivity contribution in [3.05, 3.63) is 35.9 Å². The molecule has 0 aliphatic heterocycles. The Kier molecular flexibility index (Phi) is 14.0. The molecule has 0 spiro atoms. The molecule has 1 aromatic carbocycles. The molecule has 3 unspecified atom stereocenters. The number of carbonyl (C=O) groups is 5. The predicted octanol–water partition coefficient (Wildman–Crippen LogP) is 1.19. The van der Waals surface area contributed by atoms with E-state index in [2.05, 4.69) is 10.6 Å². The second-order valence-electron chi connectivity index (χ2n) is 10.1. The van der Waals surface area contributed by atoms with Crippen LogP contribution >= 0.6 is 0 Å². The molecular weight excluding hydrogens is 544 g/mol. The van der Waals surface area contributed by atoms with E-state index >= 15 is 0 Å². The van der Waals surface area contributed by atoms with E-state index < -0.39 is 72.8 Å². The average molecular weight is 585 g/mol. The lowest BCUT2D eigenvalue weighted by atomic mass is 9.92. The average Bonchev–Trinajstić information content (AvgIpc) is 2.98. The van der Waals surface area contributed by atoms with Crippen LogP contribution in [0.4, 0.5) is 9.59 Å². The van der Waals surface area contributed by atoms with E-state index in [0.717, 1.165) is 0 Å². The minimum atomic E-state index is -1.70. The van der Waals surface area contributed by atoms with E-state index in [9.17, 15) is 29.1 Å². The van der Waals surface area contributed by atoms with Crippen LogP contribution in [0.2, 0.25) is 0 Å². The number of hydrogen-bond donors (Lipinski definition) is 3. The summed E-state index contributed by atoms with van der Waals surface area (Å²) < 4.78 is 30.7. The molecule has 14 heteroatoms. The smallest absolute Gasteiger partial charge is 0.460 e. The van der Waals surface area contributed by atoms with Crippen LogP contribution in [0.25, 0.3) is 0 Å². The minimum absolute atomic E-state index is 0.0469. The highest BCUT2D eigenvalue weighted by molar-refractivity contribution is 5.83. The van der Waals surface area contributed by atoms with Gasteiger partial charge in [0, 0.05) is 21.2 Å². The maximum Gasteiger partial charge on any atom is 0.508 e. The molecule has 14 nitrogen and oxygen atoms in total. The number of ether oxygens (including phenoxy) is 6. The van der Waals surface area contributed by atoms with Crippen molar-refractivity contribution in [3.8, 4) is 0 Å². The standard InChI is InChI=1S/C27H40N2O12/c1-25(13-30,20(31)28-4)15-38-23(34)40-17-27(3,22(33)37-12-19-10-8-7-9-11-19)18-41-24(35)39-16-26(2,14-36-6)21(32)29-5/h7-11,30H,12-18H2,1-6H3,(H,28,31)(H,29,32). The molecule has 0 saturated carbocycles. The second-order valence-corrected chi connectivity index (χ2v) is 10.1. The Labute approximate surface area is 238 Å². The third kappa shape index (κ3) is 10.9. The van der Waals surface area contributed by atoms with Gasteiger partial charge in [-0.15, -0.1) is 0 Å². The van der Waals surface area contributed by atoms with Crippen LogP contribution in [-0.2, 0) is 49.4 Å². The van der Waals surface area contributed by atoms with Crippen molar-refractivity contribution in [2.75, 3.05) is 60.8 Å². The molecule has 0 fully saturated rings. The lowest BCUT2D eigenvalue weighted by Crippen LogP contribution is -2.45. The van der Waals surface area contributed by atoms with Gasteiger partial charge >= 0.3 is 18.3 Å². The molecule has 0 heterocycles. The molecule has 0 bridgehead atoms. The topological polar surface area (TPSA) is 185 Å². The molecule has 0 saturated heterocycles. The van der Waals surface area contributed by atoms with Gasteiger partial charge in [0.15, 0.2) is 0 Å². The fraction of sp³-hybridized carbons (Fsp3) is 0.593. The third-order valence-corrected chi connectivity index (χ3v) is 6.10. The Morgan fingerprint density at radius 3 is 1.56 bits per heavy atom. The molecule has 1 rings (SSSR count). The van der Waals surface area contributed by atoms with Crippen LogP contribution in [-0.4, -0.2) is 96.0 Å². The SMILES string of the molecule is CNC(=O)C(C)(CO)COC(=O)OCC(C)(COC(=O)OCC(C)(COC)C(=O)NC)C(=O)OCc1ccccc1. The number of carbonyl (C=O) groups excluding carboxylic acids is 5. The second kappa shape index (κ2) is 16.4. The highest BCUT2D eigenvalue weighted by Gasteiger charge is 2.41. The Bertz CT molecular complexity index is 1040. The number of aliphatic hydroxyl groups excluding tert-OH is 1. The number of rotatable bonds is 16. The molecule has 0 aliphatic rings. The van der Waals surface area contributed by atoms with Crippen molar-refractivity contribution in [3.63, 3.8) is 0 Å². The van der Waals surface area contributed by atoms with Crippen molar-refractivity contribution in [2.24, 2.45) is 16.2 Å². The van der Waals surface area contributed by atoms with E-state index in [1.807, 2.05) is 0 Å². The van der Waals surface area contributed by atoms with E-state index in [-0.39, 0.29) is 19.8 Å². The molecule has 0 aromatic heterocycles. The summed E-state index contributed by atoms with van der Waals surface area (Å²) in [4.78, 5) is 61.9. The Balaban J connectivity index is 2.90. The monoisotopic (exact) mass is 584 g/mol. The maximum atomic E-state index is 13.0. The van der Waals surface area contributed by atoms with Crippen molar-refractivity contribution in [1.82, 2.24) is 10.6 Å². The van der Waals surface area contributed by atoms with Gasteiger partial charge in [-0.25, -0.2) is 9.59 Å². The minimum Gasteiger partial charge on any atom is -0.460 e. The van der Waals surface area contributed by atoms with E-state index in [1.54, 1.807) is 30.3 Å². The first-order valence-corrected chi connectivity index (χ1v) is 12.6. The molecule has 0 radical (unpaired) electrons. The van der Waals surface area contributed by atoms with Gasteiger partial charge < -0.3 is 44.2 Å². The highest BCUT2D eigenvalue weighted by Crippen LogP contribution is 2.24. The number of benzene rings is 1. The highest BCUT2D eigenvalue weighted by atomic mass is 16.7. The summed E-state index contributed by atoms with van der Waals surface area (Å²) in [6.45, 7) is 1.33. The summed E-state index contributed by atoms with van der Waals surface area (Å²) in [5.74, 6) is -1.85. The van der Waals surface area contributed by atoms with Crippen LogP contribution < -0.4 is 10.6 Å². The molecule has 3 atom stereocenters. The van der Waals surface area contributed by atoms with Gasteiger partial charge in [-0.05, 0) is 26.3 Å². The van der Waals surface area contributed by atoms with Gasteiger partial charge in [0.25, 0.3) is 0 Å². The lowest BCUT2D eigenvalue weighted by Gasteiger charge is -2.28. The molecule has 0 aliphatic carbocycles. The van der Waals surface area contributed by atoms with Crippen LogP contribution in [0.15, 0.2) is 30.3 Å². The zero-order chi connectivity index (χ0) is 31.1. The van der Waals surface area contributed by atoms with E-state index in [4.69, 9.17) is 28.4 Å². The van der Waals surface area contributed by atoms with Gasteiger partial charge in [0.2, 0.25) is 11.8 Å². The number of hydrogen-bond acceptors (Lipinski definition) is 12. The predicted molar refractivity (Wildman–Crippen MR) is 142 cm³/mol. The number of nitrogens with one attached hydrogen (secondary N) is 2. The fourth-order valence-corrected chi connectivity index (χ4v) is 3.29. The number of esters is 1. The third-order valence-electron chi connectivity index (χ3n) is 6.10. The number of methoxy groups -OCH3 is 1. The summed E-state index contributed by atoms with van der Waals surface area (Å²) in [7, 11) is 4.18. The molecule has 2 amide bonds.